The van der Waals surface area contributed by atoms with Crippen LogP contribution in [0.5, 0.6) is 0 Å². The van der Waals surface area contributed by atoms with E-state index in [1.807, 2.05) is 4.72 Å². The Bertz CT molecular complexity index is 588. The van der Waals surface area contributed by atoms with Gasteiger partial charge in [-0.2, -0.15) is 4.72 Å². The molecule has 0 spiro atoms. The Balaban J connectivity index is 3.21. The Morgan fingerprint density at radius 1 is 1.50 bits per heavy atom. The highest BCUT2D eigenvalue weighted by Gasteiger charge is 2.24. The van der Waals surface area contributed by atoms with Gasteiger partial charge in [-0.1, -0.05) is 11.6 Å². The number of carboxylic acid groups (broad SMARTS) is 1. The number of aryl methyl sites for hydroxylation is 1. The number of benzene rings is 1. The first-order chi connectivity index (χ1) is 8.15. The quantitative estimate of drug-likeness (QED) is 0.882. The van der Waals surface area contributed by atoms with Crippen LogP contribution >= 0.6 is 11.6 Å². The van der Waals surface area contributed by atoms with E-state index in [9.17, 15) is 17.6 Å². The smallest absolute Gasteiger partial charge is 0.321 e. The Morgan fingerprint density at radius 3 is 2.56 bits per heavy atom. The van der Waals surface area contributed by atoms with Gasteiger partial charge >= 0.3 is 5.97 Å². The molecule has 0 aliphatic rings. The molecule has 0 saturated heterocycles. The van der Waals surface area contributed by atoms with E-state index in [0.717, 1.165) is 12.1 Å². The minimum atomic E-state index is -4.10. The van der Waals surface area contributed by atoms with Gasteiger partial charge in [-0.25, -0.2) is 12.8 Å². The van der Waals surface area contributed by atoms with E-state index in [0.29, 0.717) is 0 Å². The van der Waals surface area contributed by atoms with Crippen molar-refractivity contribution in [3.8, 4) is 0 Å². The summed E-state index contributed by atoms with van der Waals surface area (Å²) < 4.78 is 38.8. The van der Waals surface area contributed by atoms with Crippen molar-refractivity contribution in [2.45, 2.75) is 24.8 Å². The lowest BCUT2D eigenvalue weighted by Crippen LogP contribution is -2.38. The number of sulfonamides is 1. The van der Waals surface area contributed by atoms with Crippen molar-refractivity contribution < 1.29 is 22.7 Å². The van der Waals surface area contributed by atoms with Crippen molar-refractivity contribution in [3.63, 3.8) is 0 Å². The zero-order valence-electron chi connectivity index (χ0n) is 9.57. The van der Waals surface area contributed by atoms with Gasteiger partial charge in [0.25, 0.3) is 0 Å². The molecule has 1 aromatic carbocycles. The van der Waals surface area contributed by atoms with Gasteiger partial charge in [-0.3, -0.25) is 4.79 Å². The maximum Gasteiger partial charge on any atom is 0.321 e. The van der Waals surface area contributed by atoms with E-state index in [1.54, 1.807) is 0 Å². The molecule has 1 atom stereocenters. The minimum Gasteiger partial charge on any atom is -0.480 e. The normalized spacial score (nSPS) is 13.3. The number of halogens is 2. The molecule has 5 nitrogen and oxygen atoms in total. The molecule has 0 aliphatic heterocycles. The summed E-state index contributed by atoms with van der Waals surface area (Å²) >= 11 is 5.64. The standard InChI is InChI=1S/C10H11ClFNO4S/c1-5-3-9(7(11)4-8(5)12)18(16,17)13-6(2)10(14)15/h3-4,6,13H,1-2H3,(H,14,15)/t6-/m0/s1. The molecule has 8 heteroatoms. The molecule has 0 fully saturated rings. The highest BCUT2D eigenvalue weighted by Crippen LogP contribution is 2.24. The van der Waals surface area contributed by atoms with Crippen LogP contribution in [-0.2, 0) is 14.8 Å². The van der Waals surface area contributed by atoms with Crippen LogP contribution in [0.4, 0.5) is 4.39 Å². The van der Waals surface area contributed by atoms with E-state index in [4.69, 9.17) is 16.7 Å². The van der Waals surface area contributed by atoms with Crippen LogP contribution in [0.1, 0.15) is 12.5 Å². The highest BCUT2D eigenvalue weighted by atomic mass is 35.5. The summed E-state index contributed by atoms with van der Waals surface area (Å²) in [5, 5.41) is 8.34. The molecule has 0 heterocycles. The molecule has 0 saturated carbocycles. The molecule has 0 radical (unpaired) electrons. The largest absolute Gasteiger partial charge is 0.480 e. The van der Waals surface area contributed by atoms with Gasteiger partial charge in [0.2, 0.25) is 10.0 Å². The van der Waals surface area contributed by atoms with Crippen LogP contribution in [0.3, 0.4) is 0 Å². The summed E-state index contributed by atoms with van der Waals surface area (Å²) in [7, 11) is -4.10. The second-order valence-electron chi connectivity index (χ2n) is 3.71. The Labute approximate surface area is 109 Å². The van der Waals surface area contributed by atoms with Crippen LogP contribution in [0.2, 0.25) is 5.02 Å². The van der Waals surface area contributed by atoms with E-state index in [1.165, 1.54) is 13.8 Å². The van der Waals surface area contributed by atoms with E-state index >= 15 is 0 Å². The second-order valence-corrected chi connectivity index (χ2v) is 5.80. The van der Waals surface area contributed by atoms with Crippen molar-refractivity contribution in [2.75, 3.05) is 0 Å². The number of hydrogen-bond donors (Lipinski definition) is 2. The monoisotopic (exact) mass is 295 g/mol. The minimum absolute atomic E-state index is 0.0998. The van der Waals surface area contributed by atoms with Crippen LogP contribution < -0.4 is 4.72 Å². The van der Waals surface area contributed by atoms with E-state index in [2.05, 4.69) is 0 Å². The molecular weight excluding hydrogens is 285 g/mol. The van der Waals surface area contributed by atoms with Crippen LogP contribution in [0.15, 0.2) is 17.0 Å². The molecule has 2 N–H and O–H groups in total. The number of nitrogens with one attached hydrogen (secondary N) is 1. The lowest BCUT2D eigenvalue weighted by molar-refractivity contribution is -0.138. The molecule has 18 heavy (non-hydrogen) atoms. The summed E-state index contributed by atoms with van der Waals surface area (Å²) in [6.45, 7) is 2.55. The Hall–Kier alpha value is -1.18. The highest BCUT2D eigenvalue weighted by molar-refractivity contribution is 7.89. The zero-order chi connectivity index (χ0) is 14.1. The number of rotatable bonds is 4. The van der Waals surface area contributed by atoms with Crippen LogP contribution in [-0.4, -0.2) is 25.5 Å². The first kappa shape index (κ1) is 14.9. The Kier molecular flexibility index (Phi) is 4.31. The molecule has 100 valence electrons. The van der Waals surface area contributed by atoms with Crippen LogP contribution in [0.25, 0.3) is 0 Å². The van der Waals surface area contributed by atoms with Crippen molar-refractivity contribution in [1.29, 1.82) is 0 Å². The molecule has 0 bridgehead atoms. The van der Waals surface area contributed by atoms with E-state index in [-0.39, 0.29) is 15.5 Å². The number of carboxylic acids is 1. The Morgan fingerprint density at radius 2 is 2.06 bits per heavy atom. The first-order valence-corrected chi connectivity index (χ1v) is 6.72. The number of hydrogen-bond acceptors (Lipinski definition) is 3. The maximum absolute atomic E-state index is 13.1. The first-order valence-electron chi connectivity index (χ1n) is 4.86. The van der Waals surface area contributed by atoms with Gasteiger partial charge in [0.15, 0.2) is 0 Å². The van der Waals surface area contributed by atoms with Gasteiger partial charge in [0.1, 0.15) is 16.8 Å². The SMILES string of the molecule is Cc1cc(S(=O)(=O)N[C@@H](C)C(=O)O)c(Cl)cc1F. The fraction of sp³-hybridized carbons (Fsp3) is 0.300. The number of aliphatic carboxylic acids is 1. The number of carbonyl (C=O) groups is 1. The summed E-state index contributed by atoms with van der Waals surface area (Å²) in [5.74, 6) is -1.96. The van der Waals surface area contributed by atoms with Gasteiger partial charge in [0, 0.05) is 0 Å². The van der Waals surface area contributed by atoms with Gasteiger partial charge < -0.3 is 5.11 Å². The molecule has 0 unspecified atom stereocenters. The molecular formula is C10H11ClFNO4S. The fourth-order valence-corrected chi connectivity index (χ4v) is 2.98. The van der Waals surface area contributed by atoms with Crippen LogP contribution in [0, 0.1) is 12.7 Å². The lowest BCUT2D eigenvalue weighted by atomic mass is 10.2. The second kappa shape index (κ2) is 5.21. The topological polar surface area (TPSA) is 83.5 Å². The third kappa shape index (κ3) is 3.18. The van der Waals surface area contributed by atoms with Crippen molar-refractivity contribution in [2.24, 2.45) is 0 Å². The molecule has 0 amide bonds. The third-order valence-corrected chi connectivity index (χ3v) is 4.21. The molecule has 0 aromatic heterocycles. The van der Waals surface area contributed by atoms with Gasteiger partial charge in [-0.15, -0.1) is 0 Å². The van der Waals surface area contributed by atoms with Gasteiger partial charge in [-0.05, 0) is 31.5 Å². The zero-order valence-corrected chi connectivity index (χ0v) is 11.1. The predicted octanol–water partition coefficient (Wildman–Crippen LogP) is 1.54. The fourth-order valence-electron chi connectivity index (χ4n) is 1.18. The average Bonchev–Trinajstić information content (AvgIpc) is 2.22. The maximum atomic E-state index is 13.1. The molecule has 1 aromatic rings. The average molecular weight is 296 g/mol. The van der Waals surface area contributed by atoms with Crippen molar-refractivity contribution in [3.05, 3.63) is 28.5 Å². The third-order valence-electron chi connectivity index (χ3n) is 2.21. The predicted molar refractivity (Wildman–Crippen MR) is 63.6 cm³/mol. The summed E-state index contributed by atoms with van der Waals surface area (Å²) in [5.41, 5.74) is 0.0998. The summed E-state index contributed by atoms with van der Waals surface area (Å²) in [6, 6.07) is 0.613. The summed E-state index contributed by atoms with van der Waals surface area (Å²) in [6.07, 6.45) is 0. The van der Waals surface area contributed by atoms with Gasteiger partial charge in [0.05, 0.1) is 5.02 Å². The lowest BCUT2D eigenvalue weighted by Gasteiger charge is -2.12. The molecule has 1 rings (SSSR count). The van der Waals surface area contributed by atoms with Crippen molar-refractivity contribution >= 4 is 27.6 Å². The van der Waals surface area contributed by atoms with Crippen molar-refractivity contribution in [1.82, 2.24) is 4.72 Å². The molecule has 0 aliphatic carbocycles. The van der Waals surface area contributed by atoms with E-state index < -0.39 is 27.9 Å². The summed E-state index contributed by atoms with van der Waals surface area (Å²) in [4.78, 5) is 10.2.